The predicted molar refractivity (Wildman–Crippen MR) is 103 cm³/mol. The zero-order valence-electron chi connectivity index (χ0n) is 14.2. The molecule has 1 heterocycles. The number of carbonyl (C=O) groups is 2. The topological polar surface area (TPSA) is 58.6 Å². The third-order valence-corrected chi connectivity index (χ3v) is 4.98. The number of hydrogen-bond acceptors (Lipinski definition) is 3. The lowest BCUT2D eigenvalue weighted by atomic mass is 10.1. The Bertz CT molecular complexity index is 841. The molecule has 1 saturated heterocycles. The first-order valence-electron chi connectivity index (χ1n) is 8.28. The molecule has 0 spiro atoms. The van der Waals surface area contributed by atoms with E-state index in [9.17, 15) is 9.59 Å². The van der Waals surface area contributed by atoms with E-state index in [4.69, 9.17) is 27.9 Å². The first-order chi connectivity index (χ1) is 12.5. The van der Waals surface area contributed by atoms with Crippen molar-refractivity contribution in [2.45, 2.75) is 13.3 Å². The summed E-state index contributed by atoms with van der Waals surface area (Å²) in [6.07, 6.45) is 0.129. The molecule has 3 rings (SSSR count). The molecule has 0 bridgehead atoms. The summed E-state index contributed by atoms with van der Waals surface area (Å²) in [6, 6.07) is 12.3. The van der Waals surface area contributed by atoms with E-state index in [1.54, 1.807) is 23.1 Å². The van der Waals surface area contributed by atoms with Crippen molar-refractivity contribution in [1.29, 1.82) is 0 Å². The molecule has 2 aromatic carbocycles. The van der Waals surface area contributed by atoms with Crippen LogP contribution in [0.3, 0.4) is 0 Å². The van der Waals surface area contributed by atoms with Crippen LogP contribution in [0.1, 0.15) is 13.3 Å². The van der Waals surface area contributed by atoms with E-state index in [1.807, 2.05) is 31.2 Å². The molecule has 5 nitrogen and oxygen atoms in total. The van der Waals surface area contributed by atoms with E-state index < -0.39 is 5.92 Å². The lowest BCUT2D eigenvalue weighted by Crippen LogP contribution is -2.28. The second-order valence-corrected chi connectivity index (χ2v) is 6.68. The fraction of sp³-hybridized carbons (Fsp3) is 0.263. The van der Waals surface area contributed by atoms with Gasteiger partial charge in [0.25, 0.3) is 0 Å². The van der Waals surface area contributed by atoms with Gasteiger partial charge in [-0.15, -0.1) is 0 Å². The number of ether oxygens (including phenoxy) is 1. The van der Waals surface area contributed by atoms with Gasteiger partial charge in [0.05, 0.1) is 33.9 Å². The van der Waals surface area contributed by atoms with Crippen LogP contribution in [-0.2, 0) is 9.59 Å². The summed E-state index contributed by atoms with van der Waals surface area (Å²) < 4.78 is 5.59. The van der Waals surface area contributed by atoms with Gasteiger partial charge in [0.1, 0.15) is 5.75 Å². The minimum absolute atomic E-state index is 0.116. The molecule has 1 aliphatic heterocycles. The first-order valence-corrected chi connectivity index (χ1v) is 9.04. The highest BCUT2D eigenvalue weighted by molar-refractivity contribution is 6.44. The highest BCUT2D eigenvalue weighted by Crippen LogP contribution is 2.34. The number of nitrogens with zero attached hydrogens (tertiary/aromatic N) is 1. The molecule has 0 aromatic heterocycles. The summed E-state index contributed by atoms with van der Waals surface area (Å²) >= 11 is 12.1. The molecular weight excluding hydrogens is 375 g/mol. The molecule has 7 heteroatoms. The lowest BCUT2D eigenvalue weighted by molar-refractivity contribution is -0.122. The summed E-state index contributed by atoms with van der Waals surface area (Å²) in [6.45, 7) is 2.66. The van der Waals surface area contributed by atoms with E-state index in [-0.39, 0.29) is 29.8 Å². The van der Waals surface area contributed by atoms with Crippen LogP contribution in [0.25, 0.3) is 0 Å². The van der Waals surface area contributed by atoms with Gasteiger partial charge in [-0.25, -0.2) is 0 Å². The van der Waals surface area contributed by atoms with Crippen LogP contribution >= 0.6 is 23.2 Å². The largest absolute Gasteiger partial charge is 0.492 e. The Hall–Kier alpha value is -2.24. The number of halogens is 2. The zero-order chi connectivity index (χ0) is 18.7. The normalized spacial score (nSPS) is 16.7. The van der Waals surface area contributed by atoms with Gasteiger partial charge in [-0.05, 0) is 31.2 Å². The number of nitrogens with one attached hydrogen (secondary N) is 1. The van der Waals surface area contributed by atoms with Crippen molar-refractivity contribution in [1.82, 2.24) is 0 Å². The number of amides is 2. The van der Waals surface area contributed by atoms with Crippen LogP contribution in [0, 0.1) is 5.92 Å². The number of para-hydroxylation sites is 2. The van der Waals surface area contributed by atoms with Crippen molar-refractivity contribution in [3.8, 4) is 5.75 Å². The third kappa shape index (κ3) is 3.79. The SMILES string of the molecule is CCOc1ccccc1N1C[C@H](C(=O)Nc2cccc(Cl)c2Cl)CC1=O. The molecule has 0 aliphatic carbocycles. The minimum Gasteiger partial charge on any atom is -0.492 e. The van der Waals surface area contributed by atoms with Gasteiger partial charge in [0.15, 0.2) is 0 Å². The number of hydrogen-bond donors (Lipinski definition) is 1. The standard InChI is InChI=1S/C19H18Cl2N2O3/c1-2-26-16-9-4-3-8-15(16)23-11-12(10-17(23)24)19(25)22-14-7-5-6-13(20)18(14)21/h3-9,12H,2,10-11H2,1H3,(H,22,25)/t12-/m1/s1. The first kappa shape index (κ1) is 18.5. The van der Waals surface area contributed by atoms with E-state index >= 15 is 0 Å². The molecule has 1 aliphatic rings. The fourth-order valence-corrected chi connectivity index (χ4v) is 3.26. The molecular formula is C19H18Cl2N2O3. The maximum Gasteiger partial charge on any atom is 0.229 e. The third-order valence-electron chi connectivity index (χ3n) is 4.16. The van der Waals surface area contributed by atoms with Crippen molar-refractivity contribution in [3.63, 3.8) is 0 Å². The molecule has 0 saturated carbocycles. The summed E-state index contributed by atoms with van der Waals surface area (Å²) in [5.41, 5.74) is 1.11. The summed E-state index contributed by atoms with van der Waals surface area (Å²) in [5, 5.41) is 3.40. The maximum absolute atomic E-state index is 12.6. The molecule has 2 aromatic rings. The molecule has 2 amide bonds. The summed E-state index contributed by atoms with van der Waals surface area (Å²) in [7, 11) is 0. The van der Waals surface area contributed by atoms with Crippen LogP contribution in [0.15, 0.2) is 42.5 Å². The Kier molecular flexibility index (Phi) is 5.69. The maximum atomic E-state index is 12.6. The Morgan fingerprint density at radius 2 is 2.00 bits per heavy atom. The van der Waals surface area contributed by atoms with Crippen molar-refractivity contribution in [3.05, 3.63) is 52.5 Å². The second-order valence-electron chi connectivity index (χ2n) is 5.90. The van der Waals surface area contributed by atoms with Crippen LogP contribution in [0.5, 0.6) is 5.75 Å². The number of benzene rings is 2. The molecule has 136 valence electrons. The monoisotopic (exact) mass is 392 g/mol. The van der Waals surface area contributed by atoms with E-state index in [0.717, 1.165) is 0 Å². The van der Waals surface area contributed by atoms with E-state index in [0.29, 0.717) is 28.8 Å². The number of rotatable bonds is 5. The molecule has 1 fully saturated rings. The Morgan fingerprint density at radius 3 is 2.77 bits per heavy atom. The van der Waals surface area contributed by atoms with Crippen molar-refractivity contribution < 1.29 is 14.3 Å². The van der Waals surface area contributed by atoms with Gasteiger partial charge < -0.3 is 15.0 Å². The second kappa shape index (κ2) is 7.98. The quantitative estimate of drug-likeness (QED) is 0.820. The van der Waals surface area contributed by atoms with Gasteiger partial charge in [-0.1, -0.05) is 41.4 Å². The van der Waals surface area contributed by atoms with Crippen LogP contribution in [0.4, 0.5) is 11.4 Å². The van der Waals surface area contributed by atoms with Gasteiger partial charge in [0, 0.05) is 13.0 Å². The minimum atomic E-state index is -0.479. The van der Waals surface area contributed by atoms with Crippen molar-refractivity contribution >= 4 is 46.4 Å². The Balaban J connectivity index is 1.75. The van der Waals surface area contributed by atoms with E-state index in [1.165, 1.54) is 0 Å². The molecule has 1 atom stereocenters. The lowest BCUT2D eigenvalue weighted by Gasteiger charge is -2.20. The molecule has 26 heavy (non-hydrogen) atoms. The average molecular weight is 393 g/mol. The van der Waals surface area contributed by atoms with Gasteiger partial charge in [0.2, 0.25) is 11.8 Å². The van der Waals surface area contributed by atoms with Crippen molar-refractivity contribution in [2.75, 3.05) is 23.4 Å². The molecule has 1 N–H and O–H groups in total. The van der Waals surface area contributed by atoms with E-state index in [2.05, 4.69) is 5.32 Å². The highest BCUT2D eigenvalue weighted by Gasteiger charge is 2.36. The fourth-order valence-electron chi connectivity index (χ4n) is 2.91. The summed E-state index contributed by atoms with van der Waals surface area (Å²) in [5.74, 6) is -0.233. The summed E-state index contributed by atoms with van der Waals surface area (Å²) in [4.78, 5) is 26.6. The Labute approximate surface area is 161 Å². The highest BCUT2D eigenvalue weighted by atomic mass is 35.5. The van der Waals surface area contributed by atoms with Crippen LogP contribution in [0.2, 0.25) is 10.0 Å². The number of carbonyl (C=O) groups excluding carboxylic acids is 2. The predicted octanol–water partition coefficient (Wildman–Crippen LogP) is 4.38. The van der Waals surface area contributed by atoms with Crippen molar-refractivity contribution in [2.24, 2.45) is 5.92 Å². The van der Waals surface area contributed by atoms with Gasteiger partial charge in [-0.3, -0.25) is 9.59 Å². The number of anilines is 2. The van der Waals surface area contributed by atoms with Gasteiger partial charge >= 0.3 is 0 Å². The van der Waals surface area contributed by atoms with Crippen LogP contribution in [-0.4, -0.2) is 25.0 Å². The van der Waals surface area contributed by atoms with Gasteiger partial charge in [-0.2, -0.15) is 0 Å². The zero-order valence-corrected chi connectivity index (χ0v) is 15.7. The van der Waals surface area contributed by atoms with Crippen LogP contribution < -0.4 is 15.0 Å². The average Bonchev–Trinajstić information content (AvgIpc) is 3.01. The smallest absolute Gasteiger partial charge is 0.229 e. The Morgan fingerprint density at radius 1 is 1.23 bits per heavy atom. The molecule has 0 radical (unpaired) electrons. The molecule has 0 unspecified atom stereocenters.